The Hall–Kier alpha value is -2.49. The molecular formula is C15H15NO3. The first-order valence-electron chi connectivity index (χ1n) is 5.90. The molecule has 2 aromatic carbocycles. The molecule has 0 aliphatic heterocycles. The first kappa shape index (κ1) is 13.0. The summed E-state index contributed by atoms with van der Waals surface area (Å²) in [6, 6.07) is 14.8. The van der Waals surface area contributed by atoms with Gasteiger partial charge in [0.15, 0.2) is 0 Å². The second-order valence-electron chi connectivity index (χ2n) is 4.06. The molecule has 2 rings (SSSR count). The SMILES string of the molecule is COc1ccc(NCc2ccccc2)c(C(=O)O)c1. The minimum absolute atomic E-state index is 0.204. The van der Waals surface area contributed by atoms with Gasteiger partial charge in [0.2, 0.25) is 0 Å². The summed E-state index contributed by atoms with van der Waals surface area (Å²) < 4.78 is 5.03. The maximum Gasteiger partial charge on any atom is 0.337 e. The van der Waals surface area contributed by atoms with Gasteiger partial charge in [-0.3, -0.25) is 0 Å². The molecule has 0 radical (unpaired) electrons. The summed E-state index contributed by atoms with van der Waals surface area (Å²) in [5.74, 6) is -0.447. The molecule has 4 nitrogen and oxygen atoms in total. The number of aromatic carboxylic acids is 1. The lowest BCUT2D eigenvalue weighted by molar-refractivity contribution is 0.0697. The van der Waals surface area contributed by atoms with Crippen LogP contribution < -0.4 is 10.1 Å². The molecule has 0 spiro atoms. The maximum atomic E-state index is 11.2. The average Bonchev–Trinajstić information content (AvgIpc) is 2.46. The van der Waals surface area contributed by atoms with Crippen molar-refractivity contribution in [3.05, 3.63) is 59.7 Å². The third-order valence-electron chi connectivity index (χ3n) is 2.78. The van der Waals surface area contributed by atoms with Crippen LogP contribution >= 0.6 is 0 Å². The van der Waals surface area contributed by atoms with Crippen LogP contribution in [0.1, 0.15) is 15.9 Å². The summed E-state index contributed by atoms with van der Waals surface area (Å²) >= 11 is 0. The Kier molecular flexibility index (Phi) is 4.03. The van der Waals surface area contributed by atoms with Gasteiger partial charge in [0.25, 0.3) is 0 Å². The molecule has 0 unspecified atom stereocenters. The number of carbonyl (C=O) groups is 1. The van der Waals surface area contributed by atoms with E-state index < -0.39 is 5.97 Å². The fraction of sp³-hybridized carbons (Fsp3) is 0.133. The second kappa shape index (κ2) is 5.91. The highest BCUT2D eigenvalue weighted by atomic mass is 16.5. The van der Waals surface area contributed by atoms with Gasteiger partial charge in [-0.15, -0.1) is 0 Å². The van der Waals surface area contributed by atoms with Crippen LogP contribution in [0.15, 0.2) is 48.5 Å². The Labute approximate surface area is 111 Å². The quantitative estimate of drug-likeness (QED) is 0.864. The van der Waals surface area contributed by atoms with Crippen molar-refractivity contribution in [2.24, 2.45) is 0 Å². The minimum Gasteiger partial charge on any atom is -0.497 e. The van der Waals surface area contributed by atoms with E-state index in [1.54, 1.807) is 12.1 Å². The highest BCUT2D eigenvalue weighted by molar-refractivity contribution is 5.94. The Morgan fingerprint density at radius 2 is 1.95 bits per heavy atom. The number of nitrogens with one attached hydrogen (secondary N) is 1. The van der Waals surface area contributed by atoms with Crippen molar-refractivity contribution in [1.82, 2.24) is 0 Å². The largest absolute Gasteiger partial charge is 0.497 e. The molecule has 0 heterocycles. The van der Waals surface area contributed by atoms with Crippen LogP contribution in [0.3, 0.4) is 0 Å². The van der Waals surface area contributed by atoms with E-state index in [0.717, 1.165) is 5.56 Å². The van der Waals surface area contributed by atoms with E-state index in [2.05, 4.69) is 5.32 Å². The molecular weight excluding hydrogens is 242 g/mol. The topological polar surface area (TPSA) is 58.6 Å². The van der Waals surface area contributed by atoms with E-state index in [0.29, 0.717) is 18.0 Å². The summed E-state index contributed by atoms with van der Waals surface area (Å²) in [4.78, 5) is 11.2. The molecule has 0 saturated heterocycles. The summed E-state index contributed by atoms with van der Waals surface area (Å²) in [5.41, 5.74) is 1.88. The van der Waals surface area contributed by atoms with Crippen LogP contribution in [0.5, 0.6) is 5.75 Å². The van der Waals surface area contributed by atoms with E-state index in [1.807, 2.05) is 30.3 Å². The molecule has 4 heteroatoms. The van der Waals surface area contributed by atoms with E-state index in [-0.39, 0.29) is 5.56 Å². The summed E-state index contributed by atoms with van der Waals surface area (Å²) in [6.07, 6.45) is 0. The molecule has 0 amide bonds. The van der Waals surface area contributed by atoms with Crippen molar-refractivity contribution in [2.45, 2.75) is 6.54 Å². The van der Waals surface area contributed by atoms with Gasteiger partial charge in [0, 0.05) is 12.2 Å². The van der Waals surface area contributed by atoms with Crippen LogP contribution in [-0.2, 0) is 6.54 Å². The Bertz CT molecular complexity index is 567. The zero-order chi connectivity index (χ0) is 13.7. The number of hydrogen-bond donors (Lipinski definition) is 2. The lowest BCUT2D eigenvalue weighted by Crippen LogP contribution is -2.06. The van der Waals surface area contributed by atoms with Crippen LogP contribution in [0, 0.1) is 0 Å². The molecule has 2 N–H and O–H groups in total. The first-order chi connectivity index (χ1) is 9.20. The minimum atomic E-state index is -0.977. The Morgan fingerprint density at radius 1 is 1.21 bits per heavy atom. The van der Waals surface area contributed by atoms with Gasteiger partial charge in [-0.2, -0.15) is 0 Å². The van der Waals surface area contributed by atoms with Crippen LogP contribution in [-0.4, -0.2) is 18.2 Å². The van der Waals surface area contributed by atoms with E-state index >= 15 is 0 Å². The predicted molar refractivity (Wildman–Crippen MR) is 73.7 cm³/mol. The Balaban J connectivity index is 2.18. The van der Waals surface area contributed by atoms with Gasteiger partial charge in [-0.1, -0.05) is 30.3 Å². The van der Waals surface area contributed by atoms with Crippen molar-refractivity contribution in [3.63, 3.8) is 0 Å². The first-order valence-corrected chi connectivity index (χ1v) is 5.90. The summed E-state index contributed by atoms with van der Waals surface area (Å²) in [7, 11) is 1.51. The van der Waals surface area contributed by atoms with Gasteiger partial charge in [0.1, 0.15) is 5.75 Å². The molecule has 0 atom stereocenters. The van der Waals surface area contributed by atoms with Crippen molar-refractivity contribution in [1.29, 1.82) is 0 Å². The lowest BCUT2D eigenvalue weighted by Gasteiger charge is -2.11. The molecule has 0 saturated carbocycles. The molecule has 0 aromatic heterocycles. The van der Waals surface area contributed by atoms with Gasteiger partial charge in [-0.05, 0) is 23.8 Å². The van der Waals surface area contributed by atoms with Gasteiger partial charge < -0.3 is 15.2 Å². The predicted octanol–water partition coefficient (Wildman–Crippen LogP) is 3.01. The van der Waals surface area contributed by atoms with E-state index in [1.165, 1.54) is 13.2 Å². The monoisotopic (exact) mass is 257 g/mol. The highest BCUT2D eigenvalue weighted by Crippen LogP contribution is 2.22. The van der Waals surface area contributed by atoms with Crippen LogP contribution in [0.25, 0.3) is 0 Å². The van der Waals surface area contributed by atoms with Crippen molar-refractivity contribution >= 4 is 11.7 Å². The number of methoxy groups -OCH3 is 1. The summed E-state index contributed by atoms with van der Waals surface area (Å²) in [5, 5.41) is 12.3. The van der Waals surface area contributed by atoms with Crippen molar-refractivity contribution in [2.75, 3.05) is 12.4 Å². The molecule has 98 valence electrons. The normalized spacial score (nSPS) is 9.95. The van der Waals surface area contributed by atoms with Crippen LogP contribution in [0.4, 0.5) is 5.69 Å². The zero-order valence-corrected chi connectivity index (χ0v) is 10.6. The number of hydrogen-bond acceptors (Lipinski definition) is 3. The lowest BCUT2D eigenvalue weighted by atomic mass is 10.1. The summed E-state index contributed by atoms with van der Waals surface area (Å²) in [6.45, 7) is 0.577. The number of ether oxygens (including phenoxy) is 1. The van der Waals surface area contributed by atoms with E-state index in [9.17, 15) is 9.90 Å². The third kappa shape index (κ3) is 3.25. The fourth-order valence-corrected chi connectivity index (χ4v) is 1.77. The smallest absolute Gasteiger partial charge is 0.337 e. The molecule has 19 heavy (non-hydrogen) atoms. The van der Waals surface area contributed by atoms with Crippen molar-refractivity contribution in [3.8, 4) is 5.75 Å². The number of carboxylic acid groups (broad SMARTS) is 1. The molecule has 0 bridgehead atoms. The molecule has 0 aliphatic rings. The van der Waals surface area contributed by atoms with Crippen molar-refractivity contribution < 1.29 is 14.6 Å². The highest BCUT2D eigenvalue weighted by Gasteiger charge is 2.11. The second-order valence-corrected chi connectivity index (χ2v) is 4.06. The Morgan fingerprint density at radius 3 is 2.58 bits per heavy atom. The van der Waals surface area contributed by atoms with Gasteiger partial charge in [0.05, 0.1) is 12.7 Å². The number of anilines is 1. The molecule has 0 fully saturated rings. The number of rotatable bonds is 5. The molecule has 0 aliphatic carbocycles. The zero-order valence-electron chi connectivity index (χ0n) is 10.6. The number of carboxylic acids is 1. The van der Waals surface area contributed by atoms with E-state index in [4.69, 9.17) is 4.74 Å². The maximum absolute atomic E-state index is 11.2. The van der Waals surface area contributed by atoms with Gasteiger partial charge in [-0.25, -0.2) is 4.79 Å². The van der Waals surface area contributed by atoms with Crippen LogP contribution in [0.2, 0.25) is 0 Å². The fourth-order valence-electron chi connectivity index (χ4n) is 1.77. The van der Waals surface area contributed by atoms with Gasteiger partial charge >= 0.3 is 5.97 Å². The standard InChI is InChI=1S/C15H15NO3/c1-19-12-7-8-14(13(9-12)15(17)18)16-10-11-5-3-2-4-6-11/h2-9,16H,10H2,1H3,(H,17,18). The average molecular weight is 257 g/mol. The molecule has 2 aromatic rings. The number of benzene rings is 2. The third-order valence-corrected chi connectivity index (χ3v) is 2.78.